The molecule has 21 heavy (non-hydrogen) atoms. The molecule has 0 radical (unpaired) electrons. The zero-order valence-corrected chi connectivity index (χ0v) is 13.2. The summed E-state index contributed by atoms with van der Waals surface area (Å²) in [5.74, 6) is 6.93. The van der Waals surface area contributed by atoms with Gasteiger partial charge in [-0.15, -0.1) is 11.3 Å². The summed E-state index contributed by atoms with van der Waals surface area (Å²) in [6, 6.07) is 1.97. The van der Waals surface area contributed by atoms with E-state index in [2.05, 4.69) is 34.3 Å². The van der Waals surface area contributed by atoms with Gasteiger partial charge in [0, 0.05) is 5.69 Å². The zero-order chi connectivity index (χ0) is 15.0. The van der Waals surface area contributed by atoms with Gasteiger partial charge in [0.15, 0.2) is 11.6 Å². The molecule has 0 amide bonds. The van der Waals surface area contributed by atoms with Gasteiger partial charge in [-0.3, -0.25) is 4.68 Å². The van der Waals surface area contributed by atoms with E-state index in [1.54, 1.807) is 11.3 Å². The molecular weight excluding hydrogens is 284 g/mol. The lowest BCUT2D eigenvalue weighted by atomic mass is 10.1. The van der Waals surface area contributed by atoms with Crippen LogP contribution in [0, 0.1) is 13.8 Å². The number of hydrazine groups is 1. The fraction of sp³-hybridized carbons (Fsp3) is 0.357. The lowest BCUT2D eigenvalue weighted by Crippen LogP contribution is -2.13. The van der Waals surface area contributed by atoms with Crippen molar-refractivity contribution in [3.05, 3.63) is 34.2 Å². The van der Waals surface area contributed by atoms with Gasteiger partial charge < -0.3 is 5.43 Å². The highest BCUT2D eigenvalue weighted by Crippen LogP contribution is 2.25. The van der Waals surface area contributed by atoms with E-state index < -0.39 is 0 Å². The molecule has 3 rings (SSSR count). The standard InChI is InChI=1S/C14H18N6S/c1-4-10-8(2)19-20(9(10)3)7-12-16-13(18-15)11-5-6-21-14(11)17-12/h5-6H,4,7,15H2,1-3H3,(H,16,17,18). The highest BCUT2D eigenvalue weighted by Gasteiger charge is 2.13. The number of thiophene rings is 1. The number of fused-ring (bicyclic) bond motifs is 1. The summed E-state index contributed by atoms with van der Waals surface area (Å²) in [6.07, 6.45) is 0.984. The molecule has 0 aromatic carbocycles. The highest BCUT2D eigenvalue weighted by atomic mass is 32.1. The summed E-state index contributed by atoms with van der Waals surface area (Å²) < 4.78 is 1.96. The van der Waals surface area contributed by atoms with E-state index in [-0.39, 0.29) is 0 Å². The number of nitrogens with zero attached hydrogens (tertiary/aromatic N) is 4. The number of hydrogen-bond acceptors (Lipinski definition) is 6. The van der Waals surface area contributed by atoms with Crippen LogP contribution in [-0.4, -0.2) is 19.7 Å². The maximum Gasteiger partial charge on any atom is 0.153 e. The van der Waals surface area contributed by atoms with Gasteiger partial charge in [-0.1, -0.05) is 6.92 Å². The topological polar surface area (TPSA) is 81.7 Å². The van der Waals surface area contributed by atoms with Crippen molar-refractivity contribution in [2.45, 2.75) is 33.7 Å². The Kier molecular flexibility index (Phi) is 3.60. The average molecular weight is 302 g/mol. The van der Waals surface area contributed by atoms with Crippen LogP contribution in [0.3, 0.4) is 0 Å². The van der Waals surface area contributed by atoms with Crippen molar-refractivity contribution in [2.75, 3.05) is 5.43 Å². The van der Waals surface area contributed by atoms with Crippen LogP contribution in [0.15, 0.2) is 11.4 Å². The molecule has 0 atom stereocenters. The number of nitrogens with one attached hydrogen (secondary N) is 1. The van der Waals surface area contributed by atoms with E-state index in [1.807, 2.05) is 23.1 Å². The highest BCUT2D eigenvalue weighted by molar-refractivity contribution is 7.16. The van der Waals surface area contributed by atoms with E-state index in [0.29, 0.717) is 18.2 Å². The predicted molar refractivity (Wildman–Crippen MR) is 85.4 cm³/mol. The average Bonchev–Trinajstić information content (AvgIpc) is 3.03. The third kappa shape index (κ3) is 2.38. The summed E-state index contributed by atoms with van der Waals surface area (Å²) in [4.78, 5) is 10.0. The Labute approximate surface area is 127 Å². The molecule has 110 valence electrons. The molecule has 7 heteroatoms. The third-order valence-corrected chi connectivity index (χ3v) is 4.49. The fourth-order valence-corrected chi connectivity index (χ4v) is 3.40. The summed E-state index contributed by atoms with van der Waals surface area (Å²) in [6.45, 7) is 6.82. The summed E-state index contributed by atoms with van der Waals surface area (Å²) in [5.41, 5.74) is 6.19. The van der Waals surface area contributed by atoms with E-state index in [0.717, 1.165) is 22.3 Å². The molecule has 3 N–H and O–H groups in total. The molecule has 0 spiro atoms. The first-order valence-electron chi connectivity index (χ1n) is 6.87. The van der Waals surface area contributed by atoms with E-state index in [1.165, 1.54) is 11.3 Å². The second kappa shape index (κ2) is 5.42. The zero-order valence-electron chi connectivity index (χ0n) is 12.3. The van der Waals surface area contributed by atoms with Crippen LogP contribution < -0.4 is 11.3 Å². The Balaban J connectivity index is 2.02. The van der Waals surface area contributed by atoms with Gasteiger partial charge in [-0.2, -0.15) is 5.10 Å². The van der Waals surface area contributed by atoms with Crippen LogP contribution >= 0.6 is 11.3 Å². The molecule has 6 nitrogen and oxygen atoms in total. The minimum Gasteiger partial charge on any atom is -0.308 e. The van der Waals surface area contributed by atoms with Crippen LogP contribution in [-0.2, 0) is 13.0 Å². The molecule has 0 bridgehead atoms. The minimum absolute atomic E-state index is 0.551. The van der Waals surface area contributed by atoms with Crippen LogP contribution in [0.4, 0.5) is 5.82 Å². The first kappa shape index (κ1) is 14.0. The molecule has 0 aliphatic rings. The Bertz CT molecular complexity index is 788. The lowest BCUT2D eigenvalue weighted by Gasteiger charge is -2.07. The van der Waals surface area contributed by atoms with Gasteiger partial charge in [0.1, 0.15) is 11.4 Å². The van der Waals surface area contributed by atoms with Crippen molar-refractivity contribution in [3.63, 3.8) is 0 Å². The summed E-state index contributed by atoms with van der Waals surface area (Å²) in [7, 11) is 0. The van der Waals surface area contributed by atoms with E-state index in [4.69, 9.17) is 5.84 Å². The van der Waals surface area contributed by atoms with E-state index in [9.17, 15) is 0 Å². The monoisotopic (exact) mass is 302 g/mol. The Morgan fingerprint density at radius 1 is 1.33 bits per heavy atom. The number of hydrogen-bond donors (Lipinski definition) is 2. The second-order valence-electron chi connectivity index (χ2n) is 4.93. The van der Waals surface area contributed by atoms with Gasteiger partial charge in [-0.05, 0) is 37.3 Å². The van der Waals surface area contributed by atoms with E-state index >= 15 is 0 Å². The number of anilines is 1. The van der Waals surface area contributed by atoms with Crippen LogP contribution in [0.1, 0.15) is 29.7 Å². The quantitative estimate of drug-likeness (QED) is 0.571. The molecule has 0 fully saturated rings. The SMILES string of the molecule is CCc1c(C)nn(Cc2nc(NN)c3ccsc3n2)c1C. The van der Waals surface area contributed by atoms with Crippen molar-refractivity contribution < 1.29 is 0 Å². The Morgan fingerprint density at radius 2 is 2.14 bits per heavy atom. The molecular formula is C14H18N6S. The van der Waals surface area contributed by atoms with Crippen molar-refractivity contribution in [3.8, 4) is 0 Å². The van der Waals surface area contributed by atoms with Crippen molar-refractivity contribution in [2.24, 2.45) is 5.84 Å². The fourth-order valence-electron chi connectivity index (χ4n) is 2.61. The van der Waals surface area contributed by atoms with Crippen molar-refractivity contribution >= 4 is 27.4 Å². The smallest absolute Gasteiger partial charge is 0.153 e. The van der Waals surface area contributed by atoms with Gasteiger partial charge in [-0.25, -0.2) is 15.8 Å². The minimum atomic E-state index is 0.551. The van der Waals surface area contributed by atoms with Crippen LogP contribution in [0.2, 0.25) is 0 Å². The van der Waals surface area contributed by atoms with Crippen molar-refractivity contribution in [1.82, 2.24) is 19.7 Å². The number of aromatic nitrogens is 4. The molecule has 3 aromatic rings. The predicted octanol–water partition coefficient (Wildman–Crippen LogP) is 2.40. The van der Waals surface area contributed by atoms with Gasteiger partial charge in [0.25, 0.3) is 0 Å². The van der Waals surface area contributed by atoms with Gasteiger partial charge >= 0.3 is 0 Å². The molecule has 0 unspecified atom stereocenters. The third-order valence-electron chi connectivity index (χ3n) is 3.68. The number of rotatable bonds is 4. The largest absolute Gasteiger partial charge is 0.308 e. The molecule has 3 aromatic heterocycles. The first-order chi connectivity index (χ1) is 10.1. The number of nitrogens with two attached hydrogens (primary N) is 1. The van der Waals surface area contributed by atoms with Crippen LogP contribution in [0.25, 0.3) is 10.2 Å². The first-order valence-corrected chi connectivity index (χ1v) is 7.75. The lowest BCUT2D eigenvalue weighted by molar-refractivity contribution is 0.634. The summed E-state index contributed by atoms with van der Waals surface area (Å²) in [5, 5.41) is 7.53. The molecule has 0 aliphatic carbocycles. The maximum atomic E-state index is 5.56. The molecule has 0 aliphatic heterocycles. The molecule has 0 saturated heterocycles. The summed E-state index contributed by atoms with van der Waals surface area (Å²) >= 11 is 1.58. The molecule has 3 heterocycles. The second-order valence-corrected chi connectivity index (χ2v) is 5.83. The molecule has 0 saturated carbocycles. The Hall–Kier alpha value is -1.99. The van der Waals surface area contributed by atoms with Crippen LogP contribution in [0.5, 0.6) is 0 Å². The normalized spacial score (nSPS) is 11.2. The van der Waals surface area contributed by atoms with Gasteiger partial charge in [0.05, 0.1) is 11.1 Å². The number of nitrogen functional groups attached to an aromatic ring is 1. The Morgan fingerprint density at radius 3 is 2.81 bits per heavy atom. The maximum absolute atomic E-state index is 5.56. The number of aryl methyl sites for hydroxylation is 1. The van der Waals surface area contributed by atoms with Crippen molar-refractivity contribution in [1.29, 1.82) is 0 Å². The van der Waals surface area contributed by atoms with Gasteiger partial charge in [0.2, 0.25) is 0 Å².